The highest BCUT2D eigenvalue weighted by atomic mass is 32.1. The molecule has 0 atom stereocenters. The van der Waals surface area contributed by atoms with Crippen LogP contribution < -0.4 is 10.6 Å². The largest absolute Gasteiger partial charge is 0.508 e. The monoisotopic (exact) mass is 317 g/mol. The number of hydrogen-bond acceptors (Lipinski definition) is 5. The number of phenolic OH excluding ortho intramolecular Hbond substituents is 1. The van der Waals surface area contributed by atoms with E-state index >= 15 is 0 Å². The van der Waals surface area contributed by atoms with Crippen LogP contribution in [0.15, 0.2) is 48.5 Å². The summed E-state index contributed by atoms with van der Waals surface area (Å²) in [4.78, 5) is 22.3. The van der Waals surface area contributed by atoms with Crippen LogP contribution in [0.25, 0.3) is 0 Å². The van der Waals surface area contributed by atoms with E-state index in [2.05, 4.69) is 10.6 Å². The maximum absolute atomic E-state index is 11.9. The molecule has 7 nitrogen and oxygen atoms in total. The van der Waals surface area contributed by atoms with Gasteiger partial charge in [-0.15, -0.1) is 0 Å². The van der Waals surface area contributed by atoms with Gasteiger partial charge in [-0.3, -0.25) is 20.2 Å². The average Bonchev–Trinajstić information content (AvgIpc) is 2.48. The highest BCUT2D eigenvalue weighted by Gasteiger charge is 2.14. The third kappa shape index (κ3) is 3.76. The molecular formula is C14H11N3O4S. The molecule has 22 heavy (non-hydrogen) atoms. The first-order valence-corrected chi connectivity index (χ1v) is 6.53. The number of nitro benzene ring substituents is 1. The third-order valence-electron chi connectivity index (χ3n) is 2.71. The number of thiocarbonyl (C=S) groups is 1. The van der Waals surface area contributed by atoms with E-state index in [0.717, 1.165) is 0 Å². The summed E-state index contributed by atoms with van der Waals surface area (Å²) in [7, 11) is 0. The maximum atomic E-state index is 11.9. The lowest BCUT2D eigenvalue weighted by molar-refractivity contribution is -0.383. The summed E-state index contributed by atoms with van der Waals surface area (Å²) in [5.41, 5.74) is 0.330. The molecule has 0 saturated heterocycles. The first kappa shape index (κ1) is 15.4. The van der Waals surface area contributed by atoms with Crippen molar-refractivity contribution < 1.29 is 14.8 Å². The number of phenols is 1. The summed E-state index contributed by atoms with van der Waals surface area (Å²) in [6.07, 6.45) is 0. The van der Waals surface area contributed by atoms with Crippen molar-refractivity contribution >= 4 is 34.6 Å². The van der Waals surface area contributed by atoms with E-state index in [4.69, 9.17) is 17.3 Å². The Hall–Kier alpha value is -3.00. The van der Waals surface area contributed by atoms with Crippen LogP contribution in [-0.4, -0.2) is 21.0 Å². The summed E-state index contributed by atoms with van der Waals surface area (Å²) in [5, 5.41) is 25.0. The molecule has 3 N–H and O–H groups in total. The van der Waals surface area contributed by atoms with Gasteiger partial charge in [0.2, 0.25) is 0 Å². The van der Waals surface area contributed by atoms with Crippen molar-refractivity contribution in [1.82, 2.24) is 5.32 Å². The van der Waals surface area contributed by atoms with E-state index in [0.29, 0.717) is 5.56 Å². The minimum atomic E-state index is -0.549. The molecule has 0 saturated carbocycles. The van der Waals surface area contributed by atoms with Crippen LogP contribution in [0.4, 0.5) is 11.4 Å². The minimum Gasteiger partial charge on any atom is -0.508 e. The van der Waals surface area contributed by atoms with Crippen LogP contribution in [0.1, 0.15) is 10.4 Å². The van der Waals surface area contributed by atoms with Crippen molar-refractivity contribution in [2.24, 2.45) is 0 Å². The van der Waals surface area contributed by atoms with Gasteiger partial charge in [-0.25, -0.2) is 0 Å². The number of benzene rings is 2. The summed E-state index contributed by atoms with van der Waals surface area (Å²) in [6.45, 7) is 0. The van der Waals surface area contributed by atoms with E-state index in [-0.39, 0.29) is 22.2 Å². The molecule has 0 aromatic heterocycles. The summed E-state index contributed by atoms with van der Waals surface area (Å²) >= 11 is 4.97. The van der Waals surface area contributed by atoms with E-state index in [1.807, 2.05) is 0 Å². The Morgan fingerprint density at radius 3 is 2.41 bits per heavy atom. The standard InChI is InChI=1S/C14H11N3O4S/c18-10-7-5-9(6-8-10)13(19)16-14(22)15-11-3-1-2-4-12(11)17(20)21/h1-8,18H,(H2,15,16,19,22). The second-order valence-corrected chi connectivity index (χ2v) is 4.64. The number of aromatic hydroxyl groups is 1. The van der Waals surface area contributed by atoms with Crippen molar-refractivity contribution in [1.29, 1.82) is 0 Å². The molecule has 0 unspecified atom stereocenters. The maximum Gasteiger partial charge on any atom is 0.292 e. The highest BCUT2D eigenvalue weighted by molar-refractivity contribution is 7.80. The lowest BCUT2D eigenvalue weighted by Gasteiger charge is -2.09. The van der Waals surface area contributed by atoms with Crippen molar-refractivity contribution in [2.45, 2.75) is 0 Å². The van der Waals surface area contributed by atoms with Crippen LogP contribution in [0.3, 0.4) is 0 Å². The molecule has 0 bridgehead atoms. The van der Waals surface area contributed by atoms with Gasteiger partial charge in [-0.1, -0.05) is 12.1 Å². The van der Waals surface area contributed by atoms with Gasteiger partial charge in [-0.05, 0) is 42.5 Å². The van der Waals surface area contributed by atoms with Gasteiger partial charge >= 0.3 is 0 Å². The molecule has 0 radical (unpaired) electrons. The second-order valence-electron chi connectivity index (χ2n) is 4.23. The van der Waals surface area contributed by atoms with Crippen LogP contribution >= 0.6 is 12.2 Å². The number of rotatable bonds is 3. The zero-order valence-corrected chi connectivity index (χ0v) is 12.0. The van der Waals surface area contributed by atoms with Gasteiger partial charge in [-0.2, -0.15) is 0 Å². The Morgan fingerprint density at radius 2 is 1.77 bits per heavy atom. The SMILES string of the molecule is O=C(NC(=S)Nc1ccccc1[N+](=O)[O-])c1ccc(O)cc1. The predicted molar refractivity (Wildman–Crippen MR) is 84.9 cm³/mol. The normalized spacial score (nSPS) is 9.82. The fourth-order valence-corrected chi connectivity index (χ4v) is 1.88. The lowest BCUT2D eigenvalue weighted by atomic mass is 10.2. The average molecular weight is 317 g/mol. The molecule has 0 aliphatic carbocycles. The van der Waals surface area contributed by atoms with Crippen LogP contribution in [0.2, 0.25) is 0 Å². The van der Waals surface area contributed by atoms with Crippen LogP contribution in [0.5, 0.6) is 5.75 Å². The van der Waals surface area contributed by atoms with Crippen LogP contribution in [-0.2, 0) is 0 Å². The van der Waals surface area contributed by atoms with Gasteiger partial charge in [0.15, 0.2) is 5.11 Å². The summed E-state index contributed by atoms with van der Waals surface area (Å²) in [5.74, 6) is -0.451. The number of para-hydroxylation sites is 2. The summed E-state index contributed by atoms with van der Waals surface area (Å²) in [6, 6.07) is 11.5. The van der Waals surface area contributed by atoms with Gasteiger partial charge < -0.3 is 10.4 Å². The van der Waals surface area contributed by atoms with Crippen molar-refractivity contribution in [3.63, 3.8) is 0 Å². The molecule has 8 heteroatoms. The Bertz CT molecular complexity index is 731. The third-order valence-corrected chi connectivity index (χ3v) is 2.91. The highest BCUT2D eigenvalue weighted by Crippen LogP contribution is 2.22. The molecule has 2 aromatic rings. The zero-order valence-electron chi connectivity index (χ0n) is 11.1. The fourth-order valence-electron chi connectivity index (χ4n) is 1.68. The second kappa shape index (κ2) is 6.64. The number of carbonyl (C=O) groups excluding carboxylic acids is 1. The van der Waals surface area contributed by atoms with Crippen LogP contribution in [0, 0.1) is 10.1 Å². The molecule has 0 heterocycles. The zero-order chi connectivity index (χ0) is 16.1. The summed E-state index contributed by atoms with van der Waals surface area (Å²) < 4.78 is 0. The number of hydrogen-bond donors (Lipinski definition) is 3. The smallest absolute Gasteiger partial charge is 0.292 e. The van der Waals surface area contributed by atoms with Gasteiger partial charge in [0.05, 0.1) is 4.92 Å². The Kier molecular flexibility index (Phi) is 4.64. The van der Waals surface area contributed by atoms with Gasteiger partial charge in [0, 0.05) is 11.6 Å². The topological polar surface area (TPSA) is 104 Å². The molecule has 2 rings (SSSR count). The molecular weight excluding hydrogens is 306 g/mol. The first-order valence-electron chi connectivity index (χ1n) is 6.12. The number of nitrogens with zero attached hydrogens (tertiary/aromatic N) is 1. The Morgan fingerprint density at radius 1 is 1.14 bits per heavy atom. The Labute approximate surface area is 130 Å². The predicted octanol–water partition coefficient (Wildman–Crippen LogP) is 2.43. The minimum absolute atomic E-state index is 0.0390. The van der Waals surface area contributed by atoms with Crippen molar-refractivity contribution in [3.05, 3.63) is 64.2 Å². The van der Waals surface area contributed by atoms with Crippen molar-refractivity contribution in [3.8, 4) is 5.75 Å². The Balaban J connectivity index is 2.06. The number of amides is 1. The number of nitro groups is 1. The molecule has 0 fully saturated rings. The molecule has 1 amide bonds. The van der Waals surface area contributed by atoms with Gasteiger partial charge in [0.25, 0.3) is 11.6 Å². The van der Waals surface area contributed by atoms with Gasteiger partial charge in [0.1, 0.15) is 11.4 Å². The molecule has 0 aliphatic rings. The van der Waals surface area contributed by atoms with E-state index in [1.54, 1.807) is 6.07 Å². The molecule has 0 spiro atoms. The van der Waals surface area contributed by atoms with E-state index in [9.17, 15) is 14.9 Å². The molecule has 2 aromatic carbocycles. The number of anilines is 1. The molecule has 112 valence electrons. The quantitative estimate of drug-likeness (QED) is 0.456. The number of carbonyl (C=O) groups is 1. The fraction of sp³-hybridized carbons (Fsp3) is 0. The number of nitrogens with one attached hydrogen (secondary N) is 2. The van der Waals surface area contributed by atoms with Crippen molar-refractivity contribution in [2.75, 3.05) is 5.32 Å². The van der Waals surface area contributed by atoms with E-state index in [1.165, 1.54) is 42.5 Å². The van der Waals surface area contributed by atoms with E-state index < -0.39 is 10.8 Å². The molecule has 0 aliphatic heterocycles. The lowest BCUT2D eigenvalue weighted by Crippen LogP contribution is -2.34. The first-order chi connectivity index (χ1) is 10.5.